The van der Waals surface area contributed by atoms with Crippen molar-refractivity contribution in [3.05, 3.63) is 0 Å². The molecule has 0 spiro atoms. The number of piperidine rings is 1. The molecule has 0 aromatic heterocycles. The van der Waals surface area contributed by atoms with Crippen LogP contribution in [-0.2, 0) is 9.53 Å². The van der Waals surface area contributed by atoms with Gasteiger partial charge in [-0.1, -0.05) is 0 Å². The molecule has 1 saturated carbocycles. The van der Waals surface area contributed by atoms with Crippen LogP contribution in [0.1, 0.15) is 32.1 Å². The van der Waals surface area contributed by atoms with E-state index in [0.717, 1.165) is 57.6 Å². The molecule has 0 aromatic carbocycles. The summed E-state index contributed by atoms with van der Waals surface area (Å²) in [6.07, 6.45) is 5.41. The molecule has 0 unspecified atom stereocenters. The number of hydrogen-bond donors (Lipinski definition) is 2. The highest BCUT2D eigenvalue weighted by atomic mass is 127. The van der Waals surface area contributed by atoms with Gasteiger partial charge < -0.3 is 20.3 Å². The lowest BCUT2D eigenvalue weighted by molar-refractivity contribution is -0.121. The molecule has 1 heterocycles. The van der Waals surface area contributed by atoms with Crippen molar-refractivity contribution in [3.63, 3.8) is 0 Å². The average Bonchev–Trinajstić information content (AvgIpc) is 3.36. The monoisotopic (exact) mass is 438 g/mol. The molecule has 0 bridgehead atoms. The van der Waals surface area contributed by atoms with Gasteiger partial charge in [-0.2, -0.15) is 0 Å². The Morgan fingerprint density at radius 2 is 1.91 bits per heavy atom. The highest BCUT2D eigenvalue weighted by Crippen LogP contribution is 2.28. The van der Waals surface area contributed by atoms with E-state index >= 15 is 0 Å². The van der Waals surface area contributed by atoms with Crippen molar-refractivity contribution >= 4 is 35.8 Å². The summed E-state index contributed by atoms with van der Waals surface area (Å²) < 4.78 is 5.63. The fraction of sp³-hybridized carbons (Fsp3) is 0.875. The summed E-state index contributed by atoms with van der Waals surface area (Å²) in [4.78, 5) is 18.1. The number of amides is 1. The zero-order valence-corrected chi connectivity index (χ0v) is 16.7. The van der Waals surface area contributed by atoms with E-state index in [1.807, 2.05) is 7.05 Å². The number of nitrogens with one attached hydrogen (secondary N) is 2. The maximum atomic E-state index is 11.4. The minimum absolute atomic E-state index is 0. The Hall–Kier alpha value is -0.570. The smallest absolute Gasteiger partial charge is 0.220 e. The lowest BCUT2D eigenvalue weighted by atomic mass is 9.93. The molecule has 2 fully saturated rings. The van der Waals surface area contributed by atoms with Gasteiger partial charge in [0.1, 0.15) is 0 Å². The van der Waals surface area contributed by atoms with Gasteiger partial charge in [-0.15, -0.1) is 24.0 Å². The quantitative estimate of drug-likeness (QED) is 0.274. The number of halogens is 1. The number of guanidine groups is 1. The standard InChI is InChI=1S/C16H30N4O2.HI/c1-17-15(21)11-13-5-8-20(9-6-13)16(18-2)19-7-10-22-12-14-3-4-14;/h13-14H,3-12H2,1-2H3,(H,17,21)(H,18,19);1H. The molecule has 1 amide bonds. The zero-order chi connectivity index (χ0) is 15.8. The number of likely N-dealkylation sites (tertiary alicyclic amines) is 1. The topological polar surface area (TPSA) is 66.0 Å². The molecule has 0 atom stereocenters. The van der Waals surface area contributed by atoms with Gasteiger partial charge in [0.25, 0.3) is 0 Å². The van der Waals surface area contributed by atoms with Crippen LogP contribution in [0.3, 0.4) is 0 Å². The van der Waals surface area contributed by atoms with Gasteiger partial charge in [0, 0.05) is 46.8 Å². The van der Waals surface area contributed by atoms with Crippen molar-refractivity contribution in [2.24, 2.45) is 16.8 Å². The molecule has 23 heavy (non-hydrogen) atoms. The van der Waals surface area contributed by atoms with E-state index in [0.29, 0.717) is 12.3 Å². The Morgan fingerprint density at radius 1 is 1.22 bits per heavy atom. The number of aliphatic imine (C=N–C) groups is 1. The maximum Gasteiger partial charge on any atom is 0.220 e. The molecule has 0 aromatic rings. The number of carbonyl (C=O) groups excluding carboxylic acids is 1. The van der Waals surface area contributed by atoms with Crippen molar-refractivity contribution < 1.29 is 9.53 Å². The molecule has 7 heteroatoms. The molecule has 1 aliphatic carbocycles. The van der Waals surface area contributed by atoms with Crippen LogP contribution < -0.4 is 10.6 Å². The number of carbonyl (C=O) groups is 1. The van der Waals surface area contributed by atoms with E-state index in [1.165, 1.54) is 12.8 Å². The van der Waals surface area contributed by atoms with Crippen LogP contribution in [0.2, 0.25) is 0 Å². The van der Waals surface area contributed by atoms with Crippen molar-refractivity contribution in [3.8, 4) is 0 Å². The third kappa shape index (κ3) is 7.69. The average molecular weight is 438 g/mol. The van der Waals surface area contributed by atoms with Crippen LogP contribution in [0.15, 0.2) is 4.99 Å². The predicted molar refractivity (Wildman–Crippen MR) is 103 cm³/mol. The first-order valence-corrected chi connectivity index (χ1v) is 8.46. The summed E-state index contributed by atoms with van der Waals surface area (Å²) in [7, 11) is 3.53. The van der Waals surface area contributed by atoms with E-state index in [1.54, 1.807) is 7.05 Å². The van der Waals surface area contributed by atoms with E-state index < -0.39 is 0 Å². The lowest BCUT2D eigenvalue weighted by Crippen LogP contribution is -2.46. The normalized spacial score (nSPS) is 19.2. The molecule has 2 aliphatic rings. The Kier molecular flexibility index (Phi) is 9.85. The molecule has 6 nitrogen and oxygen atoms in total. The Balaban J connectivity index is 0.00000264. The van der Waals surface area contributed by atoms with Gasteiger partial charge in [-0.3, -0.25) is 9.79 Å². The second kappa shape index (κ2) is 11.1. The molecule has 0 radical (unpaired) electrons. The Morgan fingerprint density at radius 3 is 2.48 bits per heavy atom. The highest BCUT2D eigenvalue weighted by Gasteiger charge is 2.23. The first kappa shape index (κ1) is 20.5. The summed E-state index contributed by atoms with van der Waals surface area (Å²) in [6.45, 7) is 4.37. The number of nitrogens with zero attached hydrogens (tertiary/aromatic N) is 2. The van der Waals surface area contributed by atoms with Crippen LogP contribution in [-0.4, -0.2) is 63.7 Å². The first-order chi connectivity index (χ1) is 10.7. The van der Waals surface area contributed by atoms with E-state index in [-0.39, 0.29) is 29.9 Å². The summed E-state index contributed by atoms with van der Waals surface area (Å²) in [6, 6.07) is 0. The summed E-state index contributed by atoms with van der Waals surface area (Å²) in [5.74, 6) is 2.41. The van der Waals surface area contributed by atoms with Crippen LogP contribution in [0.25, 0.3) is 0 Å². The van der Waals surface area contributed by atoms with Gasteiger partial charge >= 0.3 is 0 Å². The lowest BCUT2D eigenvalue weighted by Gasteiger charge is -2.34. The number of rotatable bonds is 7. The molecule has 2 N–H and O–H groups in total. The third-order valence-corrected chi connectivity index (χ3v) is 4.46. The van der Waals surface area contributed by atoms with Crippen LogP contribution in [0, 0.1) is 11.8 Å². The van der Waals surface area contributed by atoms with Gasteiger partial charge in [0.15, 0.2) is 5.96 Å². The van der Waals surface area contributed by atoms with Crippen molar-refractivity contribution in [2.75, 3.05) is 46.9 Å². The molecular formula is C16H31IN4O2. The Labute approximate surface area is 156 Å². The van der Waals surface area contributed by atoms with Crippen LogP contribution in [0.4, 0.5) is 0 Å². The fourth-order valence-electron chi connectivity index (χ4n) is 2.81. The first-order valence-electron chi connectivity index (χ1n) is 8.46. The summed E-state index contributed by atoms with van der Waals surface area (Å²) in [5, 5.41) is 6.08. The third-order valence-electron chi connectivity index (χ3n) is 4.46. The van der Waals surface area contributed by atoms with Gasteiger partial charge in [-0.05, 0) is 37.5 Å². The van der Waals surface area contributed by atoms with Crippen LogP contribution in [0.5, 0.6) is 0 Å². The fourth-order valence-corrected chi connectivity index (χ4v) is 2.81. The second-order valence-corrected chi connectivity index (χ2v) is 6.30. The van der Waals surface area contributed by atoms with Crippen molar-refractivity contribution in [2.45, 2.75) is 32.1 Å². The predicted octanol–water partition coefficient (Wildman–Crippen LogP) is 1.45. The summed E-state index contributed by atoms with van der Waals surface area (Å²) in [5.41, 5.74) is 0. The molecule has 2 rings (SSSR count). The number of ether oxygens (including phenoxy) is 1. The van der Waals surface area contributed by atoms with Crippen molar-refractivity contribution in [1.82, 2.24) is 15.5 Å². The summed E-state index contributed by atoms with van der Waals surface area (Å²) >= 11 is 0. The SMILES string of the molecule is CN=C(NCCOCC1CC1)N1CCC(CC(=O)NC)CC1.I. The van der Waals surface area contributed by atoms with Gasteiger partial charge in [0.2, 0.25) is 5.91 Å². The Bertz CT molecular complexity index is 380. The van der Waals surface area contributed by atoms with E-state index in [2.05, 4.69) is 20.5 Å². The molecule has 134 valence electrons. The minimum atomic E-state index is 0. The van der Waals surface area contributed by atoms with E-state index in [9.17, 15) is 4.79 Å². The van der Waals surface area contributed by atoms with E-state index in [4.69, 9.17) is 4.74 Å². The molecule has 1 saturated heterocycles. The van der Waals surface area contributed by atoms with Crippen molar-refractivity contribution in [1.29, 1.82) is 0 Å². The highest BCUT2D eigenvalue weighted by molar-refractivity contribution is 14.0. The molecule has 1 aliphatic heterocycles. The number of hydrogen-bond acceptors (Lipinski definition) is 3. The zero-order valence-electron chi connectivity index (χ0n) is 14.3. The van der Waals surface area contributed by atoms with Crippen LogP contribution >= 0.6 is 24.0 Å². The molecular weight excluding hydrogens is 407 g/mol. The minimum Gasteiger partial charge on any atom is -0.379 e. The van der Waals surface area contributed by atoms with Gasteiger partial charge in [0.05, 0.1) is 6.61 Å². The van der Waals surface area contributed by atoms with Gasteiger partial charge in [-0.25, -0.2) is 0 Å². The second-order valence-electron chi connectivity index (χ2n) is 6.30. The maximum absolute atomic E-state index is 11.4. The largest absolute Gasteiger partial charge is 0.379 e.